The fraction of sp³-hybridized carbons (Fsp3) is 0.182. The SMILES string of the molecule is Cn1cc(COC(=O)c2ccc(Cl)cc2N)nn1. The molecule has 6 nitrogen and oxygen atoms in total. The van der Waals surface area contributed by atoms with Gasteiger partial charge in [0.05, 0.1) is 11.8 Å². The molecule has 0 radical (unpaired) electrons. The van der Waals surface area contributed by atoms with Crippen molar-refractivity contribution in [2.24, 2.45) is 7.05 Å². The zero-order valence-electron chi connectivity index (χ0n) is 9.63. The van der Waals surface area contributed by atoms with Crippen LogP contribution >= 0.6 is 11.6 Å². The number of nitrogens with two attached hydrogens (primary N) is 1. The van der Waals surface area contributed by atoms with E-state index >= 15 is 0 Å². The van der Waals surface area contributed by atoms with Crippen molar-refractivity contribution in [3.8, 4) is 0 Å². The Hall–Kier alpha value is -2.08. The Morgan fingerprint density at radius 1 is 1.56 bits per heavy atom. The maximum atomic E-state index is 11.8. The molecule has 0 atom stereocenters. The van der Waals surface area contributed by atoms with Gasteiger partial charge in [0.25, 0.3) is 0 Å². The predicted molar refractivity (Wildman–Crippen MR) is 66.0 cm³/mol. The summed E-state index contributed by atoms with van der Waals surface area (Å²) >= 11 is 5.74. The lowest BCUT2D eigenvalue weighted by Crippen LogP contribution is -2.08. The molecule has 0 aliphatic rings. The number of aryl methyl sites for hydroxylation is 1. The molecular weight excluding hydrogens is 256 g/mol. The van der Waals surface area contributed by atoms with Crippen LogP contribution in [0, 0.1) is 0 Å². The summed E-state index contributed by atoms with van der Waals surface area (Å²) in [6.45, 7) is 0.0503. The second kappa shape index (κ2) is 5.05. The second-order valence-electron chi connectivity index (χ2n) is 3.69. The topological polar surface area (TPSA) is 83.0 Å². The Morgan fingerprint density at radius 3 is 2.94 bits per heavy atom. The average molecular weight is 267 g/mol. The van der Waals surface area contributed by atoms with Crippen LogP contribution in [0.25, 0.3) is 0 Å². The number of carbonyl (C=O) groups is 1. The molecule has 0 amide bonds. The number of halogens is 1. The van der Waals surface area contributed by atoms with Gasteiger partial charge in [0.15, 0.2) is 0 Å². The summed E-state index contributed by atoms with van der Waals surface area (Å²) in [4.78, 5) is 11.8. The van der Waals surface area contributed by atoms with Gasteiger partial charge in [-0.15, -0.1) is 5.10 Å². The fourth-order valence-electron chi connectivity index (χ4n) is 1.40. The third kappa shape index (κ3) is 2.78. The number of hydrogen-bond donors (Lipinski definition) is 1. The van der Waals surface area contributed by atoms with E-state index in [0.29, 0.717) is 10.7 Å². The Balaban J connectivity index is 2.03. The first-order chi connectivity index (χ1) is 8.56. The quantitative estimate of drug-likeness (QED) is 0.671. The molecule has 2 aromatic rings. The van der Waals surface area contributed by atoms with Crippen LogP contribution in [-0.4, -0.2) is 21.0 Å². The van der Waals surface area contributed by atoms with E-state index in [1.165, 1.54) is 16.8 Å². The van der Waals surface area contributed by atoms with Crippen LogP contribution < -0.4 is 5.73 Å². The highest BCUT2D eigenvalue weighted by Gasteiger charge is 2.12. The van der Waals surface area contributed by atoms with Crippen molar-refractivity contribution in [3.63, 3.8) is 0 Å². The molecule has 94 valence electrons. The van der Waals surface area contributed by atoms with Crippen LogP contribution in [0.5, 0.6) is 0 Å². The highest BCUT2D eigenvalue weighted by atomic mass is 35.5. The number of anilines is 1. The molecule has 2 rings (SSSR count). The summed E-state index contributed by atoms with van der Waals surface area (Å²) in [6, 6.07) is 4.61. The van der Waals surface area contributed by atoms with Crippen molar-refractivity contribution in [2.75, 3.05) is 5.73 Å². The molecule has 18 heavy (non-hydrogen) atoms. The molecule has 2 N–H and O–H groups in total. The number of benzene rings is 1. The van der Waals surface area contributed by atoms with Crippen LogP contribution in [-0.2, 0) is 18.4 Å². The van der Waals surface area contributed by atoms with E-state index in [2.05, 4.69) is 10.3 Å². The third-order valence-corrected chi connectivity index (χ3v) is 2.47. The minimum Gasteiger partial charge on any atom is -0.455 e. The number of esters is 1. The van der Waals surface area contributed by atoms with E-state index in [1.807, 2.05) is 0 Å². The van der Waals surface area contributed by atoms with Gasteiger partial charge in [-0.25, -0.2) is 4.79 Å². The van der Waals surface area contributed by atoms with Gasteiger partial charge in [-0.1, -0.05) is 16.8 Å². The van der Waals surface area contributed by atoms with E-state index in [9.17, 15) is 4.79 Å². The molecule has 0 aliphatic heterocycles. The van der Waals surface area contributed by atoms with Gasteiger partial charge in [0, 0.05) is 17.8 Å². The first kappa shape index (κ1) is 12.4. The lowest BCUT2D eigenvalue weighted by Gasteiger charge is -2.05. The number of nitrogens with zero attached hydrogens (tertiary/aromatic N) is 3. The number of hydrogen-bond acceptors (Lipinski definition) is 5. The first-order valence-electron chi connectivity index (χ1n) is 5.13. The monoisotopic (exact) mass is 266 g/mol. The Labute approximate surface area is 108 Å². The summed E-state index contributed by atoms with van der Waals surface area (Å²) in [5.41, 5.74) is 6.81. The molecule has 1 aromatic heterocycles. The van der Waals surface area contributed by atoms with Crippen molar-refractivity contribution in [2.45, 2.75) is 6.61 Å². The molecule has 1 heterocycles. The number of carbonyl (C=O) groups excluding carboxylic acids is 1. The molecule has 7 heteroatoms. The van der Waals surface area contributed by atoms with E-state index in [1.54, 1.807) is 19.3 Å². The summed E-state index contributed by atoms with van der Waals surface area (Å²) < 4.78 is 6.60. The highest BCUT2D eigenvalue weighted by molar-refractivity contribution is 6.31. The first-order valence-corrected chi connectivity index (χ1v) is 5.51. The largest absolute Gasteiger partial charge is 0.455 e. The number of rotatable bonds is 3. The minimum atomic E-state index is -0.519. The molecule has 0 saturated carbocycles. The van der Waals surface area contributed by atoms with Gasteiger partial charge in [0.1, 0.15) is 12.3 Å². The predicted octanol–water partition coefficient (Wildman–Crippen LogP) is 1.41. The number of aromatic nitrogens is 3. The maximum absolute atomic E-state index is 11.8. The Kier molecular flexibility index (Phi) is 3.47. The van der Waals surface area contributed by atoms with Crippen molar-refractivity contribution in [3.05, 3.63) is 40.7 Å². The molecule has 0 bridgehead atoms. The van der Waals surface area contributed by atoms with E-state index in [4.69, 9.17) is 22.1 Å². The zero-order valence-corrected chi connectivity index (χ0v) is 10.4. The van der Waals surface area contributed by atoms with Gasteiger partial charge >= 0.3 is 5.97 Å². The van der Waals surface area contributed by atoms with Gasteiger partial charge in [-0.05, 0) is 18.2 Å². The maximum Gasteiger partial charge on any atom is 0.340 e. The molecule has 0 unspecified atom stereocenters. The summed E-state index contributed by atoms with van der Waals surface area (Å²) in [7, 11) is 1.73. The fourth-order valence-corrected chi connectivity index (χ4v) is 1.58. The van der Waals surface area contributed by atoms with Gasteiger partial charge in [0.2, 0.25) is 0 Å². The summed E-state index contributed by atoms with van der Waals surface area (Å²) in [6.07, 6.45) is 1.67. The van der Waals surface area contributed by atoms with Gasteiger partial charge in [-0.2, -0.15) is 0 Å². The van der Waals surface area contributed by atoms with Crippen molar-refractivity contribution < 1.29 is 9.53 Å². The second-order valence-corrected chi connectivity index (χ2v) is 4.13. The van der Waals surface area contributed by atoms with E-state index in [-0.39, 0.29) is 17.9 Å². The molecule has 0 fully saturated rings. The minimum absolute atomic E-state index is 0.0503. The van der Waals surface area contributed by atoms with Crippen LogP contribution in [0.15, 0.2) is 24.4 Å². The van der Waals surface area contributed by atoms with Crippen molar-refractivity contribution in [1.82, 2.24) is 15.0 Å². The standard InChI is InChI=1S/C11H11ClN4O2/c1-16-5-8(14-15-16)6-18-11(17)9-3-2-7(12)4-10(9)13/h2-5H,6,13H2,1H3. The summed E-state index contributed by atoms with van der Waals surface area (Å²) in [5, 5.41) is 8.00. The lowest BCUT2D eigenvalue weighted by atomic mass is 10.2. The highest BCUT2D eigenvalue weighted by Crippen LogP contribution is 2.19. The van der Waals surface area contributed by atoms with Gasteiger partial charge in [-0.3, -0.25) is 4.68 Å². The van der Waals surface area contributed by atoms with Crippen molar-refractivity contribution in [1.29, 1.82) is 0 Å². The van der Waals surface area contributed by atoms with Crippen molar-refractivity contribution >= 4 is 23.3 Å². The lowest BCUT2D eigenvalue weighted by molar-refractivity contribution is 0.0469. The Bertz CT molecular complexity index is 582. The number of nitrogen functional groups attached to an aromatic ring is 1. The molecule has 0 spiro atoms. The number of ether oxygens (including phenoxy) is 1. The molecule has 1 aromatic carbocycles. The zero-order chi connectivity index (χ0) is 13.1. The van der Waals surface area contributed by atoms with E-state index < -0.39 is 5.97 Å². The van der Waals surface area contributed by atoms with Crippen LogP contribution in [0.2, 0.25) is 5.02 Å². The average Bonchev–Trinajstić information content (AvgIpc) is 2.72. The normalized spacial score (nSPS) is 10.3. The third-order valence-electron chi connectivity index (χ3n) is 2.23. The van der Waals surface area contributed by atoms with Crippen LogP contribution in [0.4, 0.5) is 5.69 Å². The van der Waals surface area contributed by atoms with Crippen LogP contribution in [0.1, 0.15) is 16.1 Å². The molecular formula is C11H11ClN4O2. The summed E-state index contributed by atoms with van der Waals surface area (Å²) in [5.74, 6) is -0.519. The molecule has 0 saturated heterocycles. The van der Waals surface area contributed by atoms with Crippen LogP contribution in [0.3, 0.4) is 0 Å². The van der Waals surface area contributed by atoms with Gasteiger partial charge < -0.3 is 10.5 Å². The van der Waals surface area contributed by atoms with E-state index in [0.717, 1.165) is 0 Å². The molecule has 0 aliphatic carbocycles. The smallest absolute Gasteiger partial charge is 0.340 e. The Morgan fingerprint density at radius 2 is 2.33 bits per heavy atom.